The van der Waals surface area contributed by atoms with E-state index in [2.05, 4.69) is 0 Å². The van der Waals surface area contributed by atoms with E-state index in [1.165, 1.54) is 0 Å². The van der Waals surface area contributed by atoms with Crippen LogP contribution < -0.4 is 5.73 Å². The fourth-order valence-corrected chi connectivity index (χ4v) is 2.13. The van der Waals surface area contributed by atoms with Crippen molar-refractivity contribution < 1.29 is 19.1 Å². The van der Waals surface area contributed by atoms with Gasteiger partial charge in [0.2, 0.25) is 5.91 Å². The first-order chi connectivity index (χ1) is 7.53. The molecule has 0 bridgehead atoms. The van der Waals surface area contributed by atoms with E-state index >= 15 is 0 Å². The minimum absolute atomic E-state index is 0.201. The molecule has 1 amide bonds. The Morgan fingerprint density at radius 1 is 1.44 bits per heavy atom. The van der Waals surface area contributed by atoms with Crippen molar-refractivity contribution in [1.82, 2.24) is 0 Å². The summed E-state index contributed by atoms with van der Waals surface area (Å²) in [6, 6.07) is 0. The highest BCUT2D eigenvalue weighted by molar-refractivity contribution is 6.07. The number of hydrogen-bond acceptors (Lipinski definition) is 4. The number of ether oxygens (including phenoxy) is 1. The van der Waals surface area contributed by atoms with Crippen molar-refractivity contribution in [3.8, 4) is 0 Å². The zero-order chi connectivity index (χ0) is 12.2. The van der Waals surface area contributed by atoms with Crippen LogP contribution in [0, 0.1) is 5.41 Å². The third-order valence-corrected chi connectivity index (χ3v) is 2.93. The lowest BCUT2D eigenvalue weighted by atomic mass is 9.70. The normalized spacial score (nSPS) is 25.2. The largest absolute Gasteiger partial charge is 0.465 e. The van der Waals surface area contributed by atoms with Gasteiger partial charge in [0, 0.05) is 12.8 Å². The van der Waals surface area contributed by atoms with Gasteiger partial charge in [0.25, 0.3) is 0 Å². The molecule has 0 saturated heterocycles. The molecule has 5 nitrogen and oxygen atoms in total. The molecule has 5 heteroatoms. The van der Waals surface area contributed by atoms with Gasteiger partial charge >= 0.3 is 5.97 Å². The first-order valence-corrected chi connectivity index (χ1v) is 5.52. The van der Waals surface area contributed by atoms with Gasteiger partial charge in [-0.25, -0.2) is 0 Å². The zero-order valence-corrected chi connectivity index (χ0v) is 9.45. The molecule has 1 atom stereocenters. The number of rotatable bonds is 4. The minimum atomic E-state index is -1.31. The highest BCUT2D eigenvalue weighted by Crippen LogP contribution is 2.37. The molecular weight excluding hydrogens is 210 g/mol. The van der Waals surface area contributed by atoms with Crippen LogP contribution in [0.2, 0.25) is 0 Å². The Kier molecular flexibility index (Phi) is 4.04. The van der Waals surface area contributed by atoms with Crippen LogP contribution in [0.25, 0.3) is 0 Å². The van der Waals surface area contributed by atoms with E-state index in [9.17, 15) is 14.4 Å². The molecule has 0 aromatic heterocycles. The van der Waals surface area contributed by atoms with Crippen molar-refractivity contribution in [2.75, 3.05) is 6.61 Å². The minimum Gasteiger partial charge on any atom is -0.465 e. The fraction of sp³-hybridized carbons (Fsp3) is 0.727. The number of primary amides is 1. The van der Waals surface area contributed by atoms with E-state index in [-0.39, 0.29) is 18.8 Å². The molecule has 90 valence electrons. The molecule has 1 aliphatic rings. The lowest BCUT2D eigenvalue weighted by Crippen LogP contribution is -2.45. The van der Waals surface area contributed by atoms with E-state index in [0.717, 1.165) is 12.8 Å². The van der Waals surface area contributed by atoms with Gasteiger partial charge < -0.3 is 10.5 Å². The van der Waals surface area contributed by atoms with Crippen LogP contribution in [0.15, 0.2) is 0 Å². The quantitative estimate of drug-likeness (QED) is 0.561. The number of esters is 1. The number of carbonyl (C=O) groups is 3. The summed E-state index contributed by atoms with van der Waals surface area (Å²) >= 11 is 0. The van der Waals surface area contributed by atoms with E-state index < -0.39 is 17.3 Å². The molecule has 2 N–H and O–H groups in total. The number of amides is 1. The Bertz CT molecular complexity index is 313. The molecule has 1 fully saturated rings. The van der Waals surface area contributed by atoms with Crippen molar-refractivity contribution in [1.29, 1.82) is 0 Å². The SMILES string of the molecule is CCOC(=O)[C@]1(CC(N)=O)CCCCC1=O. The molecule has 1 aliphatic carbocycles. The average Bonchev–Trinajstić information content (AvgIpc) is 2.21. The molecule has 0 aromatic carbocycles. The second-order valence-corrected chi connectivity index (χ2v) is 4.08. The molecule has 0 heterocycles. The maximum absolute atomic E-state index is 11.9. The smallest absolute Gasteiger partial charge is 0.320 e. The maximum Gasteiger partial charge on any atom is 0.320 e. The van der Waals surface area contributed by atoms with Crippen LogP contribution in [-0.2, 0) is 19.1 Å². The van der Waals surface area contributed by atoms with Gasteiger partial charge in [-0.05, 0) is 19.8 Å². The lowest BCUT2D eigenvalue weighted by molar-refractivity contribution is -0.164. The molecule has 0 spiro atoms. The summed E-state index contributed by atoms with van der Waals surface area (Å²) in [5.74, 6) is -1.45. The second kappa shape index (κ2) is 5.09. The van der Waals surface area contributed by atoms with Crippen LogP contribution in [0.3, 0.4) is 0 Å². The summed E-state index contributed by atoms with van der Waals surface area (Å²) in [5.41, 5.74) is 3.80. The standard InChI is InChI=1S/C11H17NO4/c1-2-16-10(15)11(7-9(12)14)6-4-3-5-8(11)13/h2-7H2,1H3,(H2,12,14)/t11-/m0/s1. The summed E-state index contributed by atoms with van der Waals surface area (Å²) in [6.07, 6.45) is 1.97. The summed E-state index contributed by atoms with van der Waals surface area (Å²) in [6.45, 7) is 1.87. The van der Waals surface area contributed by atoms with Crippen LogP contribution in [-0.4, -0.2) is 24.3 Å². The molecule has 0 unspecified atom stereocenters. The van der Waals surface area contributed by atoms with Gasteiger partial charge in [-0.1, -0.05) is 6.42 Å². The number of Topliss-reactive ketones (excluding diaryl/α,β-unsaturated/α-hetero) is 1. The third kappa shape index (κ3) is 2.40. The zero-order valence-electron chi connectivity index (χ0n) is 9.45. The number of ketones is 1. The van der Waals surface area contributed by atoms with Crippen molar-refractivity contribution in [3.63, 3.8) is 0 Å². The van der Waals surface area contributed by atoms with E-state index in [1.54, 1.807) is 6.92 Å². The van der Waals surface area contributed by atoms with Crippen molar-refractivity contribution in [2.45, 2.75) is 39.0 Å². The van der Waals surface area contributed by atoms with Gasteiger partial charge in [0.15, 0.2) is 5.78 Å². The first-order valence-electron chi connectivity index (χ1n) is 5.52. The Balaban J connectivity index is 2.94. The van der Waals surface area contributed by atoms with Gasteiger partial charge in [0.1, 0.15) is 5.41 Å². The van der Waals surface area contributed by atoms with Gasteiger partial charge in [0.05, 0.1) is 6.61 Å². The maximum atomic E-state index is 11.9. The summed E-state index contributed by atoms with van der Waals surface area (Å²) in [4.78, 5) is 34.7. The second-order valence-electron chi connectivity index (χ2n) is 4.08. The molecule has 0 aromatic rings. The average molecular weight is 227 g/mol. The Hall–Kier alpha value is -1.39. The van der Waals surface area contributed by atoms with Crippen LogP contribution >= 0.6 is 0 Å². The van der Waals surface area contributed by atoms with Gasteiger partial charge in [-0.2, -0.15) is 0 Å². The Morgan fingerprint density at radius 2 is 2.12 bits per heavy atom. The van der Waals surface area contributed by atoms with E-state index in [1.807, 2.05) is 0 Å². The molecule has 16 heavy (non-hydrogen) atoms. The summed E-state index contributed by atoms with van der Waals surface area (Å²) in [5, 5.41) is 0. The lowest BCUT2D eigenvalue weighted by Gasteiger charge is -2.32. The number of carbonyl (C=O) groups excluding carboxylic acids is 3. The topological polar surface area (TPSA) is 86.5 Å². The highest BCUT2D eigenvalue weighted by atomic mass is 16.5. The summed E-state index contributed by atoms with van der Waals surface area (Å²) < 4.78 is 4.89. The van der Waals surface area contributed by atoms with E-state index in [0.29, 0.717) is 12.8 Å². The molecular formula is C11H17NO4. The molecule has 1 rings (SSSR count). The first kappa shape index (κ1) is 12.7. The Labute approximate surface area is 94.3 Å². The van der Waals surface area contributed by atoms with Crippen molar-refractivity contribution >= 4 is 17.7 Å². The number of nitrogens with two attached hydrogens (primary N) is 1. The predicted molar refractivity (Wildman–Crippen MR) is 56.4 cm³/mol. The monoisotopic (exact) mass is 227 g/mol. The van der Waals surface area contributed by atoms with Crippen molar-refractivity contribution in [2.24, 2.45) is 11.1 Å². The Morgan fingerprint density at radius 3 is 2.62 bits per heavy atom. The highest BCUT2D eigenvalue weighted by Gasteiger charge is 2.48. The molecule has 0 radical (unpaired) electrons. The number of hydrogen-bond donors (Lipinski definition) is 1. The van der Waals surface area contributed by atoms with Crippen LogP contribution in [0.4, 0.5) is 0 Å². The van der Waals surface area contributed by atoms with Crippen molar-refractivity contribution in [3.05, 3.63) is 0 Å². The van der Waals surface area contributed by atoms with E-state index in [4.69, 9.17) is 10.5 Å². The predicted octanol–water partition coefficient (Wildman–Crippen LogP) is 0.554. The summed E-state index contributed by atoms with van der Waals surface area (Å²) in [7, 11) is 0. The van der Waals surface area contributed by atoms with Gasteiger partial charge in [-0.3, -0.25) is 14.4 Å². The molecule has 1 saturated carbocycles. The van der Waals surface area contributed by atoms with Crippen LogP contribution in [0.1, 0.15) is 39.0 Å². The van der Waals surface area contributed by atoms with Gasteiger partial charge in [-0.15, -0.1) is 0 Å². The third-order valence-electron chi connectivity index (χ3n) is 2.93. The van der Waals surface area contributed by atoms with Crippen LogP contribution in [0.5, 0.6) is 0 Å². The fourth-order valence-electron chi connectivity index (χ4n) is 2.13. The molecule has 0 aliphatic heterocycles.